The largest absolute Gasteiger partial charge is 0.438 e. The van der Waals surface area contributed by atoms with E-state index in [1.54, 1.807) is 27.5 Å². The van der Waals surface area contributed by atoms with Crippen LogP contribution in [-0.4, -0.2) is 32.4 Å². The third-order valence-corrected chi connectivity index (χ3v) is 4.40. The van der Waals surface area contributed by atoms with Gasteiger partial charge in [0.25, 0.3) is 0 Å². The number of ether oxygens (including phenoxy) is 4. The van der Waals surface area contributed by atoms with Crippen LogP contribution in [0.25, 0.3) is 0 Å². The summed E-state index contributed by atoms with van der Waals surface area (Å²) < 4.78 is 22.7. The lowest BCUT2D eigenvalue weighted by Crippen LogP contribution is -2.42. The summed E-state index contributed by atoms with van der Waals surface area (Å²) >= 11 is 0. The molecule has 0 fully saturated rings. The minimum atomic E-state index is -0.959. The zero-order valence-corrected chi connectivity index (χ0v) is 13.8. The summed E-state index contributed by atoms with van der Waals surface area (Å²) in [5.74, 6) is 0.521. The number of methoxy groups -OCH3 is 3. The Labute approximate surface area is 136 Å². The first kappa shape index (κ1) is 15.9. The molecule has 0 aliphatic carbocycles. The number of fused-ring (bicyclic) bond motifs is 2. The predicted octanol–water partition coefficient (Wildman–Crippen LogP) is 3.26. The van der Waals surface area contributed by atoms with Crippen molar-refractivity contribution in [3.8, 4) is 11.6 Å². The molecule has 2 aromatic rings. The fourth-order valence-corrected chi connectivity index (χ4v) is 3.03. The molecule has 2 heterocycles. The number of benzene rings is 1. The van der Waals surface area contributed by atoms with Crippen LogP contribution in [0.4, 0.5) is 0 Å². The minimum absolute atomic E-state index is 0.269. The second-order valence-corrected chi connectivity index (χ2v) is 5.52. The number of nitrogens with zero attached hydrogens (tertiary/aromatic N) is 1. The van der Waals surface area contributed by atoms with Crippen LogP contribution in [0.2, 0.25) is 0 Å². The first-order valence-corrected chi connectivity index (χ1v) is 7.53. The Hall–Kier alpha value is -1.95. The SMILES string of the molecule is COC(C)C(OC)(OC)c1ccc2c(c1)Cc1cccnc1O2. The van der Waals surface area contributed by atoms with Crippen LogP contribution in [-0.2, 0) is 26.4 Å². The lowest BCUT2D eigenvalue weighted by Gasteiger charge is -2.36. The van der Waals surface area contributed by atoms with Crippen molar-refractivity contribution in [2.75, 3.05) is 21.3 Å². The maximum atomic E-state index is 5.88. The molecule has 0 amide bonds. The van der Waals surface area contributed by atoms with Gasteiger partial charge < -0.3 is 18.9 Å². The summed E-state index contributed by atoms with van der Waals surface area (Å²) in [6.07, 6.45) is 2.23. The molecule has 1 aromatic carbocycles. The van der Waals surface area contributed by atoms with Gasteiger partial charge in [-0.1, -0.05) is 6.07 Å². The van der Waals surface area contributed by atoms with Crippen LogP contribution in [0.15, 0.2) is 36.5 Å². The van der Waals surface area contributed by atoms with E-state index in [1.807, 2.05) is 37.3 Å². The van der Waals surface area contributed by atoms with Gasteiger partial charge in [-0.3, -0.25) is 0 Å². The maximum absolute atomic E-state index is 5.88. The highest BCUT2D eigenvalue weighted by molar-refractivity contribution is 5.49. The van der Waals surface area contributed by atoms with E-state index >= 15 is 0 Å². The summed E-state index contributed by atoms with van der Waals surface area (Å²) in [6.45, 7) is 1.92. The molecule has 1 aliphatic rings. The van der Waals surface area contributed by atoms with Crippen LogP contribution in [0.3, 0.4) is 0 Å². The standard InChI is InChI=1S/C18H21NO4/c1-12(20-2)18(21-3,22-4)15-7-8-16-14(11-15)10-13-6-5-9-19-17(13)23-16/h5-9,11-12H,10H2,1-4H3. The Bertz CT molecular complexity index is 697. The Balaban J connectivity index is 2.01. The summed E-state index contributed by atoms with van der Waals surface area (Å²) in [5.41, 5.74) is 3.04. The molecule has 0 saturated heterocycles. The van der Waals surface area contributed by atoms with Crippen molar-refractivity contribution in [2.45, 2.75) is 25.2 Å². The van der Waals surface area contributed by atoms with Gasteiger partial charge in [0.2, 0.25) is 11.7 Å². The fraction of sp³-hybridized carbons (Fsp3) is 0.389. The number of rotatable bonds is 5. The highest BCUT2D eigenvalue weighted by Crippen LogP contribution is 2.39. The van der Waals surface area contributed by atoms with Gasteiger partial charge in [-0.05, 0) is 36.8 Å². The molecule has 1 aromatic heterocycles. The molecule has 0 radical (unpaired) electrons. The van der Waals surface area contributed by atoms with Crippen molar-refractivity contribution in [2.24, 2.45) is 0 Å². The van der Waals surface area contributed by atoms with Crippen LogP contribution >= 0.6 is 0 Å². The molecule has 0 saturated carbocycles. The number of pyridine rings is 1. The van der Waals surface area contributed by atoms with Gasteiger partial charge in [-0.25, -0.2) is 4.98 Å². The molecule has 5 nitrogen and oxygen atoms in total. The quantitative estimate of drug-likeness (QED) is 0.676. The van der Waals surface area contributed by atoms with Crippen molar-refractivity contribution < 1.29 is 18.9 Å². The summed E-state index contributed by atoms with van der Waals surface area (Å²) in [5, 5.41) is 0. The van der Waals surface area contributed by atoms with Crippen molar-refractivity contribution in [1.82, 2.24) is 4.98 Å². The number of hydrogen-bond donors (Lipinski definition) is 0. The van der Waals surface area contributed by atoms with Gasteiger partial charge in [0, 0.05) is 45.1 Å². The monoisotopic (exact) mass is 315 g/mol. The van der Waals surface area contributed by atoms with E-state index in [0.29, 0.717) is 5.88 Å². The number of aromatic nitrogens is 1. The smallest absolute Gasteiger partial charge is 0.222 e. The first-order chi connectivity index (χ1) is 11.1. The van der Waals surface area contributed by atoms with E-state index in [9.17, 15) is 0 Å². The lowest BCUT2D eigenvalue weighted by atomic mass is 9.94. The molecule has 122 valence electrons. The van der Waals surface area contributed by atoms with E-state index in [1.165, 1.54) is 0 Å². The normalized spacial score (nSPS) is 14.6. The third kappa shape index (κ3) is 2.61. The van der Waals surface area contributed by atoms with Gasteiger partial charge in [0.15, 0.2) is 0 Å². The molecule has 0 bridgehead atoms. The molecular weight excluding hydrogens is 294 g/mol. The van der Waals surface area contributed by atoms with Crippen LogP contribution in [0.1, 0.15) is 23.6 Å². The molecular formula is C18H21NO4. The fourth-order valence-electron chi connectivity index (χ4n) is 3.03. The molecule has 0 N–H and O–H groups in total. The van der Waals surface area contributed by atoms with Crippen LogP contribution < -0.4 is 4.74 Å². The molecule has 1 unspecified atom stereocenters. The topological polar surface area (TPSA) is 49.8 Å². The minimum Gasteiger partial charge on any atom is -0.438 e. The summed E-state index contributed by atoms with van der Waals surface area (Å²) in [4.78, 5) is 4.27. The summed E-state index contributed by atoms with van der Waals surface area (Å²) in [6, 6.07) is 9.86. The van der Waals surface area contributed by atoms with Crippen molar-refractivity contribution in [1.29, 1.82) is 0 Å². The van der Waals surface area contributed by atoms with Crippen molar-refractivity contribution >= 4 is 0 Å². The molecule has 0 spiro atoms. The Kier molecular flexibility index (Phi) is 4.35. The van der Waals surface area contributed by atoms with Crippen LogP contribution in [0, 0.1) is 0 Å². The van der Waals surface area contributed by atoms with E-state index in [0.717, 1.165) is 28.9 Å². The lowest BCUT2D eigenvalue weighted by molar-refractivity contribution is -0.270. The average molecular weight is 315 g/mol. The van der Waals surface area contributed by atoms with Crippen molar-refractivity contribution in [3.05, 3.63) is 53.2 Å². The second-order valence-electron chi connectivity index (χ2n) is 5.52. The molecule has 5 heteroatoms. The molecule has 1 atom stereocenters. The molecule has 3 rings (SSSR count). The maximum Gasteiger partial charge on any atom is 0.222 e. The summed E-state index contributed by atoms with van der Waals surface area (Å²) in [7, 11) is 4.88. The van der Waals surface area contributed by atoms with Crippen LogP contribution in [0.5, 0.6) is 11.6 Å². The second kappa shape index (κ2) is 6.28. The Morgan fingerprint density at radius 3 is 2.61 bits per heavy atom. The zero-order chi connectivity index (χ0) is 16.4. The molecule has 1 aliphatic heterocycles. The van der Waals surface area contributed by atoms with E-state index in [2.05, 4.69) is 4.98 Å². The van der Waals surface area contributed by atoms with Crippen molar-refractivity contribution in [3.63, 3.8) is 0 Å². The zero-order valence-electron chi connectivity index (χ0n) is 13.8. The van der Waals surface area contributed by atoms with Gasteiger partial charge >= 0.3 is 0 Å². The first-order valence-electron chi connectivity index (χ1n) is 7.53. The predicted molar refractivity (Wildman–Crippen MR) is 85.7 cm³/mol. The average Bonchev–Trinajstić information content (AvgIpc) is 2.61. The highest BCUT2D eigenvalue weighted by Gasteiger charge is 2.39. The molecule has 23 heavy (non-hydrogen) atoms. The van der Waals surface area contributed by atoms with Gasteiger partial charge in [-0.2, -0.15) is 0 Å². The van der Waals surface area contributed by atoms with E-state index in [-0.39, 0.29) is 6.10 Å². The van der Waals surface area contributed by atoms with E-state index < -0.39 is 5.79 Å². The van der Waals surface area contributed by atoms with E-state index in [4.69, 9.17) is 18.9 Å². The Morgan fingerprint density at radius 1 is 1.13 bits per heavy atom. The highest BCUT2D eigenvalue weighted by atomic mass is 16.7. The third-order valence-electron chi connectivity index (χ3n) is 4.40. The van der Waals surface area contributed by atoms with Gasteiger partial charge in [0.1, 0.15) is 11.9 Å². The van der Waals surface area contributed by atoms with Gasteiger partial charge in [0.05, 0.1) is 0 Å². The number of hydrogen-bond acceptors (Lipinski definition) is 5. The Morgan fingerprint density at radius 2 is 1.91 bits per heavy atom. The van der Waals surface area contributed by atoms with Gasteiger partial charge in [-0.15, -0.1) is 0 Å².